The van der Waals surface area contributed by atoms with Gasteiger partial charge < -0.3 is 15.5 Å². The Morgan fingerprint density at radius 1 is 1.39 bits per heavy atom. The van der Waals surface area contributed by atoms with E-state index in [9.17, 15) is 4.79 Å². The van der Waals surface area contributed by atoms with Crippen molar-refractivity contribution in [2.45, 2.75) is 19.9 Å². The molecule has 0 unspecified atom stereocenters. The van der Waals surface area contributed by atoms with Gasteiger partial charge in [0.2, 0.25) is 0 Å². The van der Waals surface area contributed by atoms with E-state index in [1.165, 1.54) is 7.11 Å². The summed E-state index contributed by atoms with van der Waals surface area (Å²) in [5.74, 6) is -0.305. The molecule has 4 nitrogen and oxygen atoms in total. The fourth-order valence-electron chi connectivity index (χ4n) is 2.13. The zero-order valence-corrected chi connectivity index (χ0v) is 10.9. The van der Waals surface area contributed by atoms with Gasteiger partial charge in [0.15, 0.2) is 0 Å². The molecule has 0 spiro atoms. The van der Waals surface area contributed by atoms with Crippen molar-refractivity contribution in [3.8, 4) is 0 Å². The number of nitrogens with two attached hydrogens (primary N) is 1. The first-order valence-electron chi connectivity index (χ1n) is 5.88. The number of benzene rings is 1. The van der Waals surface area contributed by atoms with Crippen molar-refractivity contribution in [1.29, 1.82) is 0 Å². The Hall–Kier alpha value is -1.81. The highest BCUT2D eigenvalue weighted by atomic mass is 16.5. The molecule has 0 amide bonds. The van der Waals surface area contributed by atoms with Gasteiger partial charge in [-0.25, -0.2) is 0 Å². The van der Waals surface area contributed by atoms with Crippen LogP contribution in [-0.4, -0.2) is 18.1 Å². The second kappa shape index (κ2) is 4.46. The van der Waals surface area contributed by atoms with Crippen LogP contribution in [0.5, 0.6) is 0 Å². The Labute approximate surface area is 106 Å². The molecular weight excluding hydrogens is 228 g/mol. The molecule has 0 fully saturated rings. The number of aromatic amines is 1. The number of hydrogen-bond acceptors (Lipinski definition) is 3. The predicted octanol–water partition coefficient (Wildman–Crippen LogP) is 2.37. The summed E-state index contributed by atoms with van der Waals surface area (Å²) in [5.41, 5.74) is 7.42. The van der Waals surface area contributed by atoms with Gasteiger partial charge in [-0.2, -0.15) is 0 Å². The Bertz CT molecular complexity index is 572. The zero-order valence-electron chi connectivity index (χ0n) is 10.9. The molecule has 4 heteroatoms. The highest BCUT2D eigenvalue weighted by Gasteiger charge is 2.37. The van der Waals surface area contributed by atoms with Crippen LogP contribution in [-0.2, 0) is 9.53 Å². The maximum atomic E-state index is 11.8. The molecule has 1 aromatic carbocycles. The Morgan fingerprint density at radius 2 is 2.06 bits per heavy atom. The van der Waals surface area contributed by atoms with Crippen molar-refractivity contribution >= 4 is 16.9 Å². The SMILES string of the molecule is COC(=O)C(C)(C)[C@H](N)c1c[nH]c2ccccc12. The lowest BCUT2D eigenvalue weighted by Gasteiger charge is -2.28. The van der Waals surface area contributed by atoms with Crippen molar-refractivity contribution in [3.63, 3.8) is 0 Å². The molecule has 2 aromatic rings. The summed E-state index contributed by atoms with van der Waals surface area (Å²) in [5, 5.41) is 1.04. The standard InChI is InChI=1S/C14H18N2O2/c1-14(2,13(17)18-3)12(15)10-8-16-11-7-5-4-6-9(10)11/h4-8,12,16H,15H2,1-3H3/t12-/m1/s1. The summed E-state index contributed by atoms with van der Waals surface area (Å²) in [6.45, 7) is 3.59. The summed E-state index contributed by atoms with van der Waals surface area (Å²) in [7, 11) is 1.38. The number of aromatic nitrogens is 1. The molecular formula is C14H18N2O2. The molecule has 1 atom stereocenters. The summed E-state index contributed by atoms with van der Waals surface area (Å²) in [4.78, 5) is 15.0. The van der Waals surface area contributed by atoms with Crippen LogP contribution in [0.3, 0.4) is 0 Å². The molecule has 18 heavy (non-hydrogen) atoms. The summed E-state index contributed by atoms with van der Waals surface area (Å²) in [6, 6.07) is 7.48. The summed E-state index contributed by atoms with van der Waals surface area (Å²) in [6.07, 6.45) is 1.86. The molecule has 3 N–H and O–H groups in total. The van der Waals surface area contributed by atoms with Crippen LogP contribution in [0.2, 0.25) is 0 Å². The van der Waals surface area contributed by atoms with Gasteiger partial charge in [-0.1, -0.05) is 18.2 Å². The number of esters is 1. The van der Waals surface area contributed by atoms with E-state index in [1.807, 2.05) is 30.5 Å². The number of hydrogen-bond donors (Lipinski definition) is 2. The lowest BCUT2D eigenvalue weighted by atomic mass is 9.81. The molecule has 0 saturated heterocycles. The average molecular weight is 246 g/mol. The van der Waals surface area contributed by atoms with Gasteiger partial charge in [-0.15, -0.1) is 0 Å². The van der Waals surface area contributed by atoms with E-state index in [4.69, 9.17) is 10.5 Å². The number of carbonyl (C=O) groups excluding carboxylic acids is 1. The first-order chi connectivity index (χ1) is 8.48. The maximum Gasteiger partial charge on any atom is 0.313 e. The fraction of sp³-hybridized carbons (Fsp3) is 0.357. The van der Waals surface area contributed by atoms with Crippen LogP contribution < -0.4 is 5.73 Å². The van der Waals surface area contributed by atoms with Crippen molar-refractivity contribution in [1.82, 2.24) is 4.98 Å². The molecule has 1 heterocycles. The van der Waals surface area contributed by atoms with E-state index in [0.29, 0.717) is 0 Å². The first kappa shape index (κ1) is 12.6. The minimum absolute atomic E-state index is 0.305. The van der Waals surface area contributed by atoms with Crippen molar-refractivity contribution in [3.05, 3.63) is 36.0 Å². The van der Waals surface area contributed by atoms with Crippen molar-refractivity contribution in [2.24, 2.45) is 11.1 Å². The molecule has 1 aromatic heterocycles. The number of para-hydroxylation sites is 1. The number of nitrogens with one attached hydrogen (secondary N) is 1. The van der Waals surface area contributed by atoms with Crippen LogP contribution in [0.4, 0.5) is 0 Å². The van der Waals surface area contributed by atoms with Crippen LogP contribution in [0.1, 0.15) is 25.5 Å². The zero-order chi connectivity index (χ0) is 13.3. The first-order valence-corrected chi connectivity index (χ1v) is 5.88. The van der Waals surface area contributed by atoms with E-state index in [0.717, 1.165) is 16.5 Å². The molecule has 0 bridgehead atoms. The monoisotopic (exact) mass is 246 g/mol. The summed E-state index contributed by atoms with van der Waals surface area (Å²) >= 11 is 0. The highest BCUT2D eigenvalue weighted by Crippen LogP contribution is 2.35. The lowest BCUT2D eigenvalue weighted by molar-refractivity contribution is -0.152. The second-order valence-corrected chi connectivity index (χ2v) is 4.98. The van der Waals surface area contributed by atoms with Gasteiger partial charge in [0.05, 0.1) is 12.5 Å². The van der Waals surface area contributed by atoms with Crippen LogP contribution >= 0.6 is 0 Å². The molecule has 0 aliphatic rings. The van der Waals surface area contributed by atoms with E-state index >= 15 is 0 Å². The van der Waals surface area contributed by atoms with Crippen LogP contribution in [0, 0.1) is 5.41 Å². The highest BCUT2D eigenvalue weighted by molar-refractivity contribution is 5.85. The molecule has 0 saturated carbocycles. The van der Waals surface area contributed by atoms with Crippen molar-refractivity contribution < 1.29 is 9.53 Å². The van der Waals surface area contributed by atoms with Gasteiger partial charge in [0.1, 0.15) is 0 Å². The number of rotatable bonds is 3. The third-order valence-electron chi connectivity index (χ3n) is 3.45. The van der Waals surface area contributed by atoms with E-state index in [-0.39, 0.29) is 5.97 Å². The lowest BCUT2D eigenvalue weighted by Crippen LogP contribution is -2.37. The van der Waals surface area contributed by atoms with Gasteiger partial charge in [0.25, 0.3) is 0 Å². The molecule has 0 radical (unpaired) electrons. The third kappa shape index (κ3) is 1.88. The normalized spacial score (nSPS) is 13.6. The van der Waals surface area contributed by atoms with E-state index in [1.54, 1.807) is 13.8 Å². The van der Waals surface area contributed by atoms with Crippen molar-refractivity contribution in [2.75, 3.05) is 7.11 Å². The largest absolute Gasteiger partial charge is 0.469 e. The summed E-state index contributed by atoms with van der Waals surface area (Å²) < 4.78 is 4.82. The average Bonchev–Trinajstić information content (AvgIpc) is 2.80. The molecule has 2 rings (SSSR count). The number of fused-ring (bicyclic) bond motifs is 1. The van der Waals surface area contributed by atoms with Gasteiger partial charge >= 0.3 is 5.97 Å². The van der Waals surface area contributed by atoms with E-state index in [2.05, 4.69) is 4.98 Å². The third-order valence-corrected chi connectivity index (χ3v) is 3.45. The van der Waals surface area contributed by atoms with Crippen LogP contribution in [0.15, 0.2) is 30.5 Å². The maximum absolute atomic E-state index is 11.8. The predicted molar refractivity (Wildman–Crippen MR) is 71.0 cm³/mol. The minimum Gasteiger partial charge on any atom is -0.469 e. The fourth-order valence-corrected chi connectivity index (χ4v) is 2.13. The molecule has 96 valence electrons. The Balaban J connectivity index is 2.45. The van der Waals surface area contributed by atoms with Gasteiger partial charge in [0, 0.05) is 23.1 Å². The smallest absolute Gasteiger partial charge is 0.313 e. The number of H-pyrrole nitrogens is 1. The Morgan fingerprint density at radius 3 is 2.72 bits per heavy atom. The minimum atomic E-state index is -0.764. The van der Waals surface area contributed by atoms with Crippen LogP contribution in [0.25, 0.3) is 10.9 Å². The number of carbonyl (C=O) groups is 1. The number of methoxy groups -OCH3 is 1. The molecule has 0 aliphatic carbocycles. The quantitative estimate of drug-likeness (QED) is 0.817. The Kier molecular flexibility index (Phi) is 3.13. The topological polar surface area (TPSA) is 68.1 Å². The van der Waals surface area contributed by atoms with Gasteiger partial charge in [-0.05, 0) is 25.5 Å². The number of ether oxygens (including phenoxy) is 1. The second-order valence-electron chi connectivity index (χ2n) is 4.98. The molecule has 0 aliphatic heterocycles. The van der Waals surface area contributed by atoms with E-state index < -0.39 is 11.5 Å². The van der Waals surface area contributed by atoms with Gasteiger partial charge in [-0.3, -0.25) is 4.79 Å².